The molecule has 4 aromatic rings. The lowest BCUT2D eigenvalue weighted by atomic mass is 9.77. The fourth-order valence-corrected chi connectivity index (χ4v) is 14.3. The summed E-state index contributed by atoms with van der Waals surface area (Å²) in [5.74, 6) is -2.47. The summed E-state index contributed by atoms with van der Waals surface area (Å²) in [6.45, 7) is 16.3. The van der Waals surface area contributed by atoms with Gasteiger partial charge in [0.05, 0.1) is 109 Å². The smallest absolute Gasteiger partial charge is 0.306 e. The Hall–Kier alpha value is -7.88. The van der Waals surface area contributed by atoms with Gasteiger partial charge in [0.2, 0.25) is 0 Å². The van der Waals surface area contributed by atoms with Gasteiger partial charge in [0, 0.05) is 92.4 Å². The fourth-order valence-electron chi connectivity index (χ4n) is 14.3. The number of unbranched alkanes of at least 4 members (excludes halogenated alkanes) is 28. The number of hydrogen-bond acceptors (Lipinski definition) is 16. The van der Waals surface area contributed by atoms with E-state index < -0.39 is 47.5 Å². The third-order valence-corrected chi connectivity index (χ3v) is 20.1. The van der Waals surface area contributed by atoms with Crippen LogP contribution < -0.4 is 37.9 Å². The maximum Gasteiger partial charge on any atom is 0.306 e. The SMILES string of the molecule is C=CCCCCCCCCCOC(=O)CC1c2cc(c(OC)cc2OC)C(CC(=O)OCCCCCCCCCC=C)c2cc(c(OC)cc2OC)C(CC(=O)OCCCCCCCCCC=C)c2cc(c(OC)cc2OC)C(CC(=O)OCCCCCCCCCC=C)c2cc1c(OC)cc2OC. The first-order chi connectivity index (χ1) is 50.8. The number of allylic oxidation sites excluding steroid dienone is 4. The molecule has 5 rings (SSSR count). The largest absolute Gasteiger partial charge is 0.496 e. The van der Waals surface area contributed by atoms with Crippen LogP contribution in [0, 0.1) is 0 Å². The Morgan fingerprint density at radius 1 is 0.240 bits per heavy atom. The molecule has 104 heavy (non-hydrogen) atoms. The standard InChI is InChI=1S/C88H128O16/c1-13-17-21-25-29-33-37-41-45-49-101-85(89)57-65-69-53-71(79(95-7)61-77(69)93-5)66(58-86(90)102-50-46-42-38-34-30-26-22-18-14-2)73-55-75(83(99-11)63-81(73)97-9)68(60-88(92)104-52-48-44-40-36-32-28-24-20-16-4)76-56-74(82(98-10)64-84(76)100-12)67(72-54-70(65)78(94-6)62-80(72)96-8)59-87(91)103-51-47-43-39-35-31-27-23-19-15-3/h13-16,53-56,61-68H,1-4,17-52,57-60H2,5-12H3. The zero-order valence-corrected chi connectivity index (χ0v) is 64.9. The molecule has 0 amide bonds. The summed E-state index contributed by atoms with van der Waals surface area (Å²) in [5.41, 5.74) is 4.30. The molecule has 0 aromatic heterocycles. The Morgan fingerprint density at radius 2 is 0.385 bits per heavy atom. The van der Waals surface area contributed by atoms with Gasteiger partial charge in [-0.15, -0.1) is 26.3 Å². The second-order valence-electron chi connectivity index (χ2n) is 27.5. The van der Waals surface area contributed by atoms with Gasteiger partial charge in [-0.05, 0) is 101 Å². The number of carbonyl (C=O) groups is 4. The van der Waals surface area contributed by atoms with Crippen molar-refractivity contribution < 1.29 is 76.0 Å². The van der Waals surface area contributed by atoms with Crippen LogP contribution in [0.1, 0.15) is 299 Å². The first-order valence-corrected chi connectivity index (χ1v) is 38.9. The maximum atomic E-state index is 14.9. The number of benzene rings is 4. The van der Waals surface area contributed by atoms with Crippen LogP contribution in [0.25, 0.3) is 0 Å². The zero-order chi connectivity index (χ0) is 75.1. The van der Waals surface area contributed by atoms with Crippen molar-refractivity contribution >= 4 is 23.9 Å². The van der Waals surface area contributed by atoms with E-state index in [0.717, 1.165) is 180 Å². The number of ether oxygens (including phenoxy) is 12. The van der Waals surface area contributed by atoms with E-state index in [9.17, 15) is 19.2 Å². The van der Waals surface area contributed by atoms with Gasteiger partial charge >= 0.3 is 23.9 Å². The van der Waals surface area contributed by atoms with Crippen LogP contribution in [0.15, 0.2) is 99.2 Å². The van der Waals surface area contributed by atoms with E-state index in [4.69, 9.17) is 56.8 Å². The molecule has 0 radical (unpaired) electrons. The topological polar surface area (TPSA) is 179 Å². The first-order valence-electron chi connectivity index (χ1n) is 38.9. The van der Waals surface area contributed by atoms with E-state index in [1.165, 1.54) is 0 Å². The second-order valence-corrected chi connectivity index (χ2v) is 27.5. The van der Waals surface area contributed by atoms with Gasteiger partial charge in [-0.2, -0.15) is 0 Å². The average molecular weight is 1440 g/mol. The number of methoxy groups -OCH3 is 8. The summed E-state index contributed by atoms with van der Waals surface area (Å²) >= 11 is 0. The van der Waals surface area contributed by atoms with Gasteiger partial charge in [-0.25, -0.2) is 0 Å². The highest BCUT2D eigenvalue weighted by molar-refractivity contribution is 5.77. The van der Waals surface area contributed by atoms with Crippen LogP contribution in [-0.4, -0.2) is 107 Å². The van der Waals surface area contributed by atoms with Crippen molar-refractivity contribution in [2.75, 3.05) is 83.3 Å². The number of esters is 4. The lowest BCUT2D eigenvalue weighted by molar-refractivity contribution is -0.145. The quantitative estimate of drug-likeness (QED) is 0.0176. The van der Waals surface area contributed by atoms with E-state index in [-0.39, 0.29) is 52.1 Å². The summed E-state index contributed by atoms with van der Waals surface area (Å²) in [6.07, 6.45) is 39.6. The van der Waals surface area contributed by atoms with Crippen molar-refractivity contribution in [3.05, 3.63) is 144 Å². The number of fused-ring (bicyclic) bond motifs is 8. The van der Waals surface area contributed by atoms with E-state index in [1.54, 1.807) is 81.1 Å². The highest BCUT2D eigenvalue weighted by atomic mass is 16.5. The summed E-state index contributed by atoms with van der Waals surface area (Å²) in [4.78, 5) is 59.7. The van der Waals surface area contributed by atoms with Crippen LogP contribution in [0.5, 0.6) is 46.0 Å². The Morgan fingerprint density at radius 3 is 0.529 bits per heavy atom. The zero-order valence-electron chi connectivity index (χ0n) is 64.9. The predicted octanol–water partition coefficient (Wildman–Crippen LogP) is 21.6. The Kier molecular flexibility index (Phi) is 42.8. The average Bonchev–Trinajstić information content (AvgIpc) is 0.749. The fraction of sp³-hybridized carbons (Fsp3) is 0.591. The summed E-state index contributed by atoms with van der Waals surface area (Å²) in [5, 5.41) is 0. The van der Waals surface area contributed by atoms with E-state index in [2.05, 4.69) is 26.3 Å². The molecular formula is C88H128O16. The molecule has 0 aliphatic heterocycles. The highest BCUT2D eigenvalue weighted by Crippen LogP contribution is 2.53. The molecule has 0 spiro atoms. The summed E-state index contributed by atoms with van der Waals surface area (Å²) in [7, 11) is 12.5. The van der Waals surface area contributed by atoms with Crippen molar-refractivity contribution in [2.24, 2.45) is 0 Å². The van der Waals surface area contributed by atoms with Crippen LogP contribution in [-0.2, 0) is 38.1 Å². The molecular weight excluding hydrogens is 1310 g/mol. The summed E-state index contributed by atoms with van der Waals surface area (Å²) in [6, 6.07) is 14.8. The summed E-state index contributed by atoms with van der Waals surface area (Å²) < 4.78 is 75.8. The van der Waals surface area contributed by atoms with Gasteiger partial charge in [-0.1, -0.05) is 153 Å². The molecule has 8 bridgehead atoms. The van der Waals surface area contributed by atoms with Crippen molar-refractivity contribution in [1.29, 1.82) is 0 Å². The maximum absolute atomic E-state index is 14.9. The van der Waals surface area contributed by atoms with Gasteiger partial charge in [0.15, 0.2) is 0 Å². The molecule has 0 saturated carbocycles. The lowest BCUT2D eigenvalue weighted by Crippen LogP contribution is -2.19. The second kappa shape index (κ2) is 51.3. The van der Waals surface area contributed by atoms with Gasteiger partial charge in [0.25, 0.3) is 0 Å². The molecule has 16 heteroatoms. The predicted molar refractivity (Wildman–Crippen MR) is 416 cm³/mol. The highest BCUT2D eigenvalue weighted by Gasteiger charge is 2.38. The van der Waals surface area contributed by atoms with Gasteiger partial charge in [-0.3, -0.25) is 19.2 Å². The normalized spacial score (nSPS) is 14.5. The molecule has 0 heterocycles. The molecule has 576 valence electrons. The number of rotatable bonds is 56. The Balaban J connectivity index is 1.82. The van der Waals surface area contributed by atoms with Crippen molar-refractivity contribution in [3.8, 4) is 46.0 Å². The number of carbonyl (C=O) groups excluding carboxylic acids is 4. The number of hydrogen-bond donors (Lipinski definition) is 0. The monoisotopic (exact) mass is 1440 g/mol. The molecule has 0 N–H and O–H groups in total. The molecule has 1 aliphatic rings. The van der Waals surface area contributed by atoms with Crippen molar-refractivity contribution in [1.82, 2.24) is 0 Å². The van der Waals surface area contributed by atoms with Crippen LogP contribution in [0.4, 0.5) is 0 Å². The van der Waals surface area contributed by atoms with Gasteiger partial charge in [0.1, 0.15) is 46.0 Å². The molecule has 1 aliphatic carbocycles. The Bertz CT molecular complexity index is 2690. The van der Waals surface area contributed by atoms with Crippen LogP contribution in [0.3, 0.4) is 0 Å². The molecule has 0 atom stereocenters. The minimum absolute atomic E-state index is 0.198. The molecule has 0 saturated heterocycles. The Labute approximate surface area is 624 Å². The van der Waals surface area contributed by atoms with Crippen LogP contribution >= 0.6 is 0 Å². The van der Waals surface area contributed by atoms with Crippen LogP contribution in [0.2, 0.25) is 0 Å². The third-order valence-electron chi connectivity index (χ3n) is 20.1. The molecule has 0 unspecified atom stereocenters. The van der Waals surface area contributed by atoms with Crippen molar-refractivity contribution in [2.45, 2.75) is 255 Å². The van der Waals surface area contributed by atoms with Gasteiger partial charge < -0.3 is 56.8 Å². The first kappa shape index (κ1) is 86.8. The third kappa shape index (κ3) is 28.9. The van der Waals surface area contributed by atoms with E-state index in [1.807, 2.05) is 48.6 Å². The molecule has 0 fully saturated rings. The minimum Gasteiger partial charge on any atom is -0.496 e. The lowest BCUT2D eigenvalue weighted by Gasteiger charge is -2.31. The molecule has 16 nitrogen and oxygen atoms in total. The van der Waals surface area contributed by atoms with E-state index >= 15 is 0 Å². The van der Waals surface area contributed by atoms with Crippen molar-refractivity contribution in [3.63, 3.8) is 0 Å². The van der Waals surface area contributed by atoms with E-state index in [0.29, 0.717) is 116 Å². The minimum atomic E-state index is -0.890. The molecule has 4 aromatic carbocycles.